The third-order valence-electron chi connectivity index (χ3n) is 6.01. The molecule has 23 heavy (non-hydrogen) atoms. The van der Waals surface area contributed by atoms with Crippen molar-refractivity contribution in [3.8, 4) is 0 Å². The van der Waals surface area contributed by atoms with Crippen molar-refractivity contribution >= 4 is 5.97 Å². The van der Waals surface area contributed by atoms with Gasteiger partial charge in [-0.3, -0.25) is 9.69 Å². The maximum Gasteiger partial charge on any atom is 0.312 e. The summed E-state index contributed by atoms with van der Waals surface area (Å²) in [5.74, 6) is 0.679. The first-order valence-corrected chi connectivity index (χ1v) is 9.73. The van der Waals surface area contributed by atoms with E-state index < -0.39 is 0 Å². The number of ether oxygens (including phenoxy) is 1. The van der Waals surface area contributed by atoms with Crippen molar-refractivity contribution < 1.29 is 9.53 Å². The van der Waals surface area contributed by atoms with E-state index in [1.807, 2.05) is 6.08 Å². The Morgan fingerprint density at radius 1 is 1.17 bits per heavy atom. The summed E-state index contributed by atoms with van der Waals surface area (Å²) in [5, 5.41) is 0. The van der Waals surface area contributed by atoms with Gasteiger partial charge in [0.2, 0.25) is 0 Å². The van der Waals surface area contributed by atoms with Gasteiger partial charge in [0.05, 0.1) is 5.41 Å². The van der Waals surface area contributed by atoms with E-state index in [1.165, 1.54) is 51.4 Å². The van der Waals surface area contributed by atoms with Crippen LogP contribution in [0.25, 0.3) is 0 Å². The first-order valence-electron chi connectivity index (χ1n) is 9.73. The minimum Gasteiger partial charge on any atom is -0.464 e. The van der Waals surface area contributed by atoms with Crippen LogP contribution < -0.4 is 0 Å². The molecule has 2 aliphatic carbocycles. The van der Waals surface area contributed by atoms with Gasteiger partial charge >= 0.3 is 5.97 Å². The van der Waals surface area contributed by atoms with Gasteiger partial charge in [0.25, 0.3) is 0 Å². The number of hydrogen-bond donors (Lipinski definition) is 0. The second kappa shape index (κ2) is 9.46. The first-order chi connectivity index (χ1) is 11.2. The van der Waals surface area contributed by atoms with Crippen LogP contribution in [-0.2, 0) is 9.53 Å². The molecule has 0 N–H and O–H groups in total. The number of likely N-dealkylation sites (N-methyl/N-ethyl adjacent to an activating group) is 1. The predicted molar refractivity (Wildman–Crippen MR) is 95.4 cm³/mol. The number of esters is 1. The van der Waals surface area contributed by atoms with E-state index in [1.54, 1.807) is 0 Å². The normalized spacial score (nSPS) is 22.0. The van der Waals surface area contributed by atoms with Crippen LogP contribution in [0.5, 0.6) is 0 Å². The van der Waals surface area contributed by atoms with Crippen molar-refractivity contribution in [3.63, 3.8) is 0 Å². The predicted octanol–water partition coefficient (Wildman–Crippen LogP) is 4.57. The summed E-state index contributed by atoms with van der Waals surface area (Å²) in [7, 11) is 0. The smallest absolute Gasteiger partial charge is 0.312 e. The highest BCUT2D eigenvalue weighted by Crippen LogP contribution is 2.49. The fraction of sp³-hybridized carbons (Fsp3) is 0.850. The molecule has 2 aliphatic rings. The zero-order chi connectivity index (χ0) is 16.5. The highest BCUT2D eigenvalue weighted by atomic mass is 16.5. The minimum absolute atomic E-state index is 0.110. The molecule has 0 radical (unpaired) electrons. The molecule has 3 nitrogen and oxygen atoms in total. The van der Waals surface area contributed by atoms with Crippen molar-refractivity contribution in [3.05, 3.63) is 12.7 Å². The summed E-state index contributed by atoms with van der Waals surface area (Å²) in [6, 6.07) is 0. The summed E-state index contributed by atoms with van der Waals surface area (Å²) in [6.45, 7) is 9.09. The molecule has 0 saturated heterocycles. The lowest BCUT2D eigenvalue weighted by atomic mass is 9.62. The topological polar surface area (TPSA) is 29.5 Å². The number of carbonyl (C=O) groups excluding carboxylic acids is 1. The average Bonchev–Trinajstić information content (AvgIpc) is 2.62. The van der Waals surface area contributed by atoms with Gasteiger partial charge in [-0.25, -0.2) is 0 Å². The molecule has 0 aromatic rings. The number of carbonyl (C=O) groups is 1. The Hall–Kier alpha value is -0.830. The van der Waals surface area contributed by atoms with E-state index in [0.717, 1.165) is 32.5 Å². The summed E-state index contributed by atoms with van der Waals surface area (Å²) in [5.41, 5.74) is -0.159. The average molecular weight is 322 g/mol. The summed E-state index contributed by atoms with van der Waals surface area (Å²) < 4.78 is 5.80. The number of rotatable bonds is 8. The highest BCUT2D eigenvalue weighted by molar-refractivity contribution is 5.77. The molecule has 3 heteroatoms. The maximum absolute atomic E-state index is 13.0. The van der Waals surface area contributed by atoms with E-state index in [4.69, 9.17) is 4.74 Å². The van der Waals surface area contributed by atoms with Crippen molar-refractivity contribution in [1.82, 2.24) is 4.90 Å². The quantitative estimate of drug-likeness (QED) is 0.484. The Morgan fingerprint density at radius 2 is 1.83 bits per heavy atom. The van der Waals surface area contributed by atoms with Crippen LogP contribution in [0.2, 0.25) is 0 Å². The molecule has 2 saturated carbocycles. The lowest BCUT2D eigenvalue weighted by molar-refractivity contribution is -0.164. The Labute approximate surface area is 142 Å². The van der Waals surface area contributed by atoms with Crippen LogP contribution in [0.3, 0.4) is 0 Å². The van der Waals surface area contributed by atoms with Crippen molar-refractivity contribution in [1.29, 1.82) is 0 Å². The lowest BCUT2D eigenvalue weighted by Crippen LogP contribution is -2.43. The van der Waals surface area contributed by atoms with Crippen molar-refractivity contribution in [2.24, 2.45) is 11.3 Å². The molecule has 0 bridgehead atoms. The summed E-state index contributed by atoms with van der Waals surface area (Å²) in [6.07, 6.45) is 14.1. The van der Waals surface area contributed by atoms with E-state index in [-0.39, 0.29) is 11.4 Å². The molecule has 0 unspecified atom stereocenters. The third kappa shape index (κ3) is 4.82. The standard InChI is InChI=1S/C20H35NO2/c1-3-15-21(4-2)16-17-23-19(22)20(13-9-6-10-14-20)18-11-7-5-8-12-18/h3,18H,1,4-17H2,2H3. The molecule has 0 aliphatic heterocycles. The van der Waals surface area contributed by atoms with Crippen molar-refractivity contribution in [2.45, 2.75) is 71.1 Å². The van der Waals surface area contributed by atoms with Gasteiger partial charge in [-0.2, -0.15) is 0 Å². The fourth-order valence-electron chi connectivity index (χ4n) is 4.59. The van der Waals surface area contributed by atoms with Crippen molar-refractivity contribution in [2.75, 3.05) is 26.2 Å². The molecule has 0 heterocycles. The second-order valence-electron chi connectivity index (χ2n) is 7.37. The van der Waals surface area contributed by atoms with Crippen LogP contribution in [0, 0.1) is 11.3 Å². The molecule has 2 rings (SSSR count). The monoisotopic (exact) mass is 321 g/mol. The molecular formula is C20H35NO2. The lowest BCUT2D eigenvalue weighted by Gasteiger charge is -2.43. The zero-order valence-electron chi connectivity index (χ0n) is 15.0. The molecule has 0 spiro atoms. The summed E-state index contributed by atoms with van der Waals surface area (Å²) >= 11 is 0. The van der Waals surface area contributed by atoms with Crippen LogP contribution >= 0.6 is 0 Å². The Bertz CT molecular complexity index is 368. The van der Waals surface area contributed by atoms with Crippen LogP contribution in [0.15, 0.2) is 12.7 Å². The van der Waals surface area contributed by atoms with Gasteiger partial charge in [-0.1, -0.05) is 51.5 Å². The third-order valence-corrected chi connectivity index (χ3v) is 6.01. The minimum atomic E-state index is -0.159. The van der Waals surface area contributed by atoms with Crippen LogP contribution in [-0.4, -0.2) is 37.1 Å². The van der Waals surface area contributed by atoms with E-state index >= 15 is 0 Å². The highest BCUT2D eigenvalue weighted by Gasteiger charge is 2.47. The fourth-order valence-corrected chi connectivity index (χ4v) is 4.59. The molecule has 0 aromatic carbocycles. The Balaban J connectivity index is 1.92. The van der Waals surface area contributed by atoms with Crippen LogP contribution in [0.4, 0.5) is 0 Å². The largest absolute Gasteiger partial charge is 0.464 e. The molecular weight excluding hydrogens is 286 g/mol. The maximum atomic E-state index is 13.0. The first kappa shape index (κ1) is 18.5. The SMILES string of the molecule is C=CCN(CC)CCOC(=O)C1(C2CCCCC2)CCCCC1. The molecule has 132 valence electrons. The van der Waals surface area contributed by atoms with E-state index in [0.29, 0.717) is 12.5 Å². The zero-order valence-corrected chi connectivity index (χ0v) is 15.0. The molecule has 0 aromatic heterocycles. The van der Waals surface area contributed by atoms with Gasteiger partial charge in [0.15, 0.2) is 0 Å². The number of nitrogens with zero attached hydrogens (tertiary/aromatic N) is 1. The molecule has 0 atom stereocenters. The molecule has 0 amide bonds. The summed E-state index contributed by atoms with van der Waals surface area (Å²) in [4.78, 5) is 15.2. The van der Waals surface area contributed by atoms with E-state index in [9.17, 15) is 4.79 Å². The van der Waals surface area contributed by atoms with Gasteiger partial charge in [0, 0.05) is 13.1 Å². The second-order valence-corrected chi connectivity index (χ2v) is 7.37. The van der Waals surface area contributed by atoms with Gasteiger partial charge in [-0.05, 0) is 38.1 Å². The Kier molecular flexibility index (Phi) is 7.61. The van der Waals surface area contributed by atoms with E-state index in [2.05, 4.69) is 18.4 Å². The van der Waals surface area contributed by atoms with Crippen LogP contribution in [0.1, 0.15) is 71.1 Å². The van der Waals surface area contributed by atoms with Gasteiger partial charge in [0.1, 0.15) is 6.61 Å². The van der Waals surface area contributed by atoms with Gasteiger partial charge < -0.3 is 4.74 Å². The number of hydrogen-bond acceptors (Lipinski definition) is 3. The molecule has 2 fully saturated rings. The Morgan fingerprint density at radius 3 is 2.43 bits per heavy atom. The van der Waals surface area contributed by atoms with Gasteiger partial charge in [-0.15, -0.1) is 6.58 Å².